The van der Waals surface area contributed by atoms with Crippen LogP contribution in [0.4, 0.5) is 0 Å². The maximum Gasteiger partial charge on any atom is 0.251 e. The van der Waals surface area contributed by atoms with E-state index in [1.807, 2.05) is 18.3 Å². The van der Waals surface area contributed by atoms with Crippen LogP contribution in [0.25, 0.3) is 5.52 Å². The van der Waals surface area contributed by atoms with Gasteiger partial charge < -0.3 is 5.32 Å². The SMILES string of the molecule is O=C(NCC1CCC1)c1ccn2nccc2c1. The van der Waals surface area contributed by atoms with Gasteiger partial charge in [-0.15, -0.1) is 0 Å². The molecule has 3 rings (SSSR count). The lowest BCUT2D eigenvalue weighted by Crippen LogP contribution is -2.32. The molecule has 4 heteroatoms. The molecule has 0 bridgehead atoms. The van der Waals surface area contributed by atoms with Gasteiger partial charge in [0.15, 0.2) is 0 Å². The van der Waals surface area contributed by atoms with E-state index in [-0.39, 0.29) is 5.91 Å². The number of carbonyl (C=O) groups is 1. The van der Waals surface area contributed by atoms with Crippen LogP contribution in [0.1, 0.15) is 29.6 Å². The second kappa shape index (κ2) is 4.20. The van der Waals surface area contributed by atoms with Crippen LogP contribution >= 0.6 is 0 Å². The summed E-state index contributed by atoms with van der Waals surface area (Å²) in [6.07, 6.45) is 7.35. The maximum atomic E-state index is 11.9. The number of nitrogens with one attached hydrogen (secondary N) is 1. The van der Waals surface area contributed by atoms with Crippen molar-refractivity contribution in [2.24, 2.45) is 5.92 Å². The first-order chi connectivity index (χ1) is 8.33. The summed E-state index contributed by atoms with van der Waals surface area (Å²) in [7, 11) is 0. The van der Waals surface area contributed by atoms with Gasteiger partial charge in [0.2, 0.25) is 0 Å². The molecule has 0 aromatic carbocycles. The first kappa shape index (κ1) is 10.3. The van der Waals surface area contributed by atoms with Crippen molar-refractivity contribution in [1.29, 1.82) is 0 Å². The van der Waals surface area contributed by atoms with Crippen LogP contribution in [-0.2, 0) is 0 Å². The van der Waals surface area contributed by atoms with Gasteiger partial charge in [-0.3, -0.25) is 4.79 Å². The van der Waals surface area contributed by atoms with E-state index in [0.717, 1.165) is 12.1 Å². The lowest BCUT2D eigenvalue weighted by atomic mass is 9.85. The summed E-state index contributed by atoms with van der Waals surface area (Å²) in [4.78, 5) is 11.9. The molecular weight excluding hydrogens is 214 g/mol. The van der Waals surface area contributed by atoms with Gasteiger partial charge in [-0.2, -0.15) is 5.10 Å². The van der Waals surface area contributed by atoms with Crippen LogP contribution in [0, 0.1) is 5.92 Å². The molecule has 1 aliphatic rings. The van der Waals surface area contributed by atoms with Crippen molar-refractivity contribution in [3.63, 3.8) is 0 Å². The number of carbonyl (C=O) groups excluding carboxylic acids is 1. The summed E-state index contributed by atoms with van der Waals surface area (Å²) in [5.74, 6) is 0.707. The summed E-state index contributed by atoms with van der Waals surface area (Å²) in [5.41, 5.74) is 1.65. The predicted molar refractivity (Wildman–Crippen MR) is 64.9 cm³/mol. The van der Waals surface area contributed by atoms with E-state index in [2.05, 4.69) is 10.4 Å². The number of aromatic nitrogens is 2. The van der Waals surface area contributed by atoms with E-state index < -0.39 is 0 Å². The Hall–Kier alpha value is -1.84. The molecule has 4 nitrogen and oxygen atoms in total. The molecule has 17 heavy (non-hydrogen) atoms. The van der Waals surface area contributed by atoms with Crippen molar-refractivity contribution >= 4 is 11.4 Å². The summed E-state index contributed by atoms with van der Waals surface area (Å²) in [6.45, 7) is 0.809. The van der Waals surface area contributed by atoms with Crippen molar-refractivity contribution in [1.82, 2.24) is 14.9 Å². The standard InChI is InChI=1S/C13H15N3O/c17-13(14-9-10-2-1-3-10)11-5-7-16-12(8-11)4-6-15-16/h4-8,10H,1-3,9H2,(H,14,17). The molecule has 0 atom stereocenters. The Kier molecular flexibility index (Phi) is 2.55. The molecule has 0 spiro atoms. The van der Waals surface area contributed by atoms with Gasteiger partial charge >= 0.3 is 0 Å². The van der Waals surface area contributed by atoms with Crippen LogP contribution in [0.2, 0.25) is 0 Å². The van der Waals surface area contributed by atoms with Gasteiger partial charge in [0.25, 0.3) is 5.91 Å². The van der Waals surface area contributed by atoms with E-state index in [9.17, 15) is 4.79 Å². The molecule has 1 amide bonds. The average molecular weight is 229 g/mol. The quantitative estimate of drug-likeness (QED) is 0.873. The van der Waals surface area contributed by atoms with Crippen molar-refractivity contribution < 1.29 is 4.79 Å². The number of hydrogen-bond donors (Lipinski definition) is 1. The Morgan fingerprint density at radius 3 is 3.12 bits per heavy atom. The van der Waals surface area contributed by atoms with Crippen molar-refractivity contribution in [3.8, 4) is 0 Å². The Morgan fingerprint density at radius 1 is 1.47 bits per heavy atom. The first-order valence-electron chi connectivity index (χ1n) is 6.04. The monoisotopic (exact) mass is 229 g/mol. The molecule has 0 saturated heterocycles. The molecule has 0 aliphatic heterocycles. The molecule has 1 aliphatic carbocycles. The fourth-order valence-electron chi connectivity index (χ4n) is 2.10. The van der Waals surface area contributed by atoms with E-state index in [1.165, 1.54) is 19.3 Å². The normalized spacial score (nSPS) is 15.8. The Bertz CT molecular complexity index is 542. The predicted octanol–water partition coefficient (Wildman–Crippen LogP) is 1.86. The number of hydrogen-bond acceptors (Lipinski definition) is 2. The van der Waals surface area contributed by atoms with Crippen LogP contribution < -0.4 is 5.32 Å². The van der Waals surface area contributed by atoms with Gasteiger partial charge in [0, 0.05) is 24.5 Å². The molecule has 88 valence electrons. The fourth-order valence-corrected chi connectivity index (χ4v) is 2.10. The molecule has 1 N–H and O–H groups in total. The minimum Gasteiger partial charge on any atom is -0.352 e. The highest BCUT2D eigenvalue weighted by Gasteiger charge is 2.18. The minimum absolute atomic E-state index is 0.0144. The highest BCUT2D eigenvalue weighted by atomic mass is 16.1. The molecule has 0 unspecified atom stereocenters. The van der Waals surface area contributed by atoms with E-state index in [0.29, 0.717) is 11.5 Å². The lowest BCUT2D eigenvalue weighted by Gasteiger charge is -2.25. The largest absolute Gasteiger partial charge is 0.352 e. The molecule has 0 radical (unpaired) electrons. The summed E-state index contributed by atoms with van der Waals surface area (Å²) in [6, 6.07) is 5.56. The lowest BCUT2D eigenvalue weighted by molar-refractivity contribution is 0.0939. The number of nitrogens with zero attached hydrogens (tertiary/aromatic N) is 2. The van der Waals surface area contributed by atoms with E-state index in [4.69, 9.17) is 0 Å². The minimum atomic E-state index is 0.0144. The van der Waals surface area contributed by atoms with Crippen LogP contribution in [0.15, 0.2) is 30.6 Å². The van der Waals surface area contributed by atoms with Gasteiger partial charge in [-0.1, -0.05) is 6.42 Å². The van der Waals surface area contributed by atoms with Crippen molar-refractivity contribution in [2.45, 2.75) is 19.3 Å². The first-order valence-corrected chi connectivity index (χ1v) is 6.04. The second-order valence-electron chi connectivity index (χ2n) is 4.62. The molecule has 2 aromatic heterocycles. The van der Waals surface area contributed by atoms with Gasteiger partial charge in [0.1, 0.15) is 0 Å². The second-order valence-corrected chi connectivity index (χ2v) is 4.62. The number of rotatable bonds is 3. The highest BCUT2D eigenvalue weighted by Crippen LogP contribution is 2.25. The molecule has 1 saturated carbocycles. The summed E-state index contributed by atoms with van der Waals surface area (Å²) >= 11 is 0. The Balaban J connectivity index is 1.70. The Labute approximate surface area is 99.6 Å². The van der Waals surface area contributed by atoms with Crippen LogP contribution in [0.3, 0.4) is 0 Å². The smallest absolute Gasteiger partial charge is 0.251 e. The fraction of sp³-hybridized carbons (Fsp3) is 0.385. The molecule has 2 heterocycles. The highest BCUT2D eigenvalue weighted by molar-refractivity contribution is 5.95. The zero-order chi connectivity index (χ0) is 11.7. The Morgan fingerprint density at radius 2 is 2.35 bits per heavy atom. The van der Waals surface area contributed by atoms with Crippen LogP contribution in [-0.4, -0.2) is 22.1 Å². The molecule has 1 fully saturated rings. The van der Waals surface area contributed by atoms with Gasteiger partial charge in [-0.25, -0.2) is 4.52 Å². The third-order valence-electron chi connectivity index (χ3n) is 3.44. The van der Waals surface area contributed by atoms with Gasteiger partial charge in [0.05, 0.1) is 5.52 Å². The third-order valence-corrected chi connectivity index (χ3v) is 3.44. The maximum absolute atomic E-state index is 11.9. The topological polar surface area (TPSA) is 46.4 Å². The third kappa shape index (κ3) is 2.02. The van der Waals surface area contributed by atoms with E-state index in [1.54, 1.807) is 16.8 Å². The zero-order valence-corrected chi connectivity index (χ0v) is 9.60. The number of fused-ring (bicyclic) bond motifs is 1. The van der Waals surface area contributed by atoms with Crippen molar-refractivity contribution in [3.05, 3.63) is 36.2 Å². The van der Waals surface area contributed by atoms with E-state index >= 15 is 0 Å². The summed E-state index contributed by atoms with van der Waals surface area (Å²) < 4.78 is 1.75. The summed E-state index contributed by atoms with van der Waals surface area (Å²) in [5, 5.41) is 7.09. The number of amides is 1. The zero-order valence-electron chi connectivity index (χ0n) is 9.60. The van der Waals surface area contributed by atoms with Crippen LogP contribution in [0.5, 0.6) is 0 Å². The average Bonchev–Trinajstić information content (AvgIpc) is 2.73. The van der Waals surface area contributed by atoms with Gasteiger partial charge in [-0.05, 0) is 37.0 Å². The van der Waals surface area contributed by atoms with Crippen molar-refractivity contribution in [2.75, 3.05) is 6.54 Å². The number of pyridine rings is 1. The molecular formula is C13H15N3O. The molecule has 2 aromatic rings.